The first-order chi connectivity index (χ1) is 5.15. The highest BCUT2D eigenvalue weighted by Crippen LogP contribution is 2.41. The fourth-order valence-corrected chi connectivity index (χ4v) is 2.49. The molecule has 0 aliphatic carbocycles. The molecule has 0 N–H and O–H groups in total. The van der Waals surface area contributed by atoms with E-state index in [9.17, 15) is 0 Å². The van der Waals surface area contributed by atoms with Gasteiger partial charge in [-0.3, -0.25) is 4.90 Å². The third kappa shape index (κ3) is 0.859. The molecule has 11 heavy (non-hydrogen) atoms. The van der Waals surface area contributed by atoms with Crippen molar-refractivity contribution in [3.63, 3.8) is 0 Å². The van der Waals surface area contributed by atoms with Crippen LogP contribution in [0.3, 0.4) is 0 Å². The summed E-state index contributed by atoms with van der Waals surface area (Å²) in [5, 5.41) is 0. The third-order valence-corrected chi connectivity index (χ3v) is 3.46. The SMILES string of the molecule is CC(C)[C@]12CO[C@@H](CN1C)C2. The van der Waals surface area contributed by atoms with Gasteiger partial charge in [0.15, 0.2) is 0 Å². The van der Waals surface area contributed by atoms with Crippen LogP contribution >= 0.6 is 0 Å². The molecule has 0 radical (unpaired) electrons. The van der Waals surface area contributed by atoms with E-state index in [1.54, 1.807) is 0 Å². The zero-order valence-corrected chi connectivity index (χ0v) is 7.63. The molecule has 2 saturated heterocycles. The molecule has 64 valence electrons. The summed E-state index contributed by atoms with van der Waals surface area (Å²) in [6.07, 6.45) is 1.78. The molecule has 2 nitrogen and oxygen atoms in total. The smallest absolute Gasteiger partial charge is 0.0721 e. The van der Waals surface area contributed by atoms with Crippen molar-refractivity contribution in [3.8, 4) is 0 Å². The second-order valence-corrected chi connectivity index (χ2v) is 4.28. The molecule has 2 atom stereocenters. The predicted octanol–water partition coefficient (Wildman–Crippen LogP) is 1.12. The van der Waals surface area contributed by atoms with Crippen LogP contribution in [-0.2, 0) is 4.74 Å². The number of rotatable bonds is 1. The van der Waals surface area contributed by atoms with Gasteiger partial charge in [0, 0.05) is 12.1 Å². The number of nitrogens with zero attached hydrogens (tertiary/aromatic N) is 1. The zero-order valence-electron chi connectivity index (χ0n) is 7.63. The summed E-state index contributed by atoms with van der Waals surface area (Å²) in [7, 11) is 2.22. The maximum Gasteiger partial charge on any atom is 0.0721 e. The van der Waals surface area contributed by atoms with Crippen molar-refractivity contribution in [2.75, 3.05) is 20.2 Å². The quantitative estimate of drug-likeness (QED) is 0.562. The zero-order chi connectivity index (χ0) is 8.06. The Morgan fingerprint density at radius 2 is 2.27 bits per heavy atom. The Kier molecular flexibility index (Phi) is 1.52. The molecule has 2 heterocycles. The van der Waals surface area contributed by atoms with Gasteiger partial charge in [0.1, 0.15) is 0 Å². The van der Waals surface area contributed by atoms with Gasteiger partial charge >= 0.3 is 0 Å². The van der Waals surface area contributed by atoms with Crippen molar-refractivity contribution in [1.29, 1.82) is 0 Å². The van der Waals surface area contributed by atoms with Crippen LogP contribution in [0.5, 0.6) is 0 Å². The molecule has 2 bridgehead atoms. The summed E-state index contributed by atoms with van der Waals surface area (Å²) in [6, 6.07) is 0. The van der Waals surface area contributed by atoms with E-state index in [0.717, 1.165) is 19.1 Å². The molecular weight excluding hydrogens is 138 g/mol. The van der Waals surface area contributed by atoms with E-state index in [-0.39, 0.29) is 0 Å². The van der Waals surface area contributed by atoms with Crippen molar-refractivity contribution in [3.05, 3.63) is 0 Å². The van der Waals surface area contributed by atoms with Gasteiger partial charge in [-0.05, 0) is 19.4 Å². The maximum absolute atomic E-state index is 5.65. The molecule has 0 unspecified atom stereocenters. The van der Waals surface area contributed by atoms with Gasteiger partial charge in [-0.15, -0.1) is 0 Å². The van der Waals surface area contributed by atoms with Crippen molar-refractivity contribution in [2.24, 2.45) is 5.92 Å². The molecular formula is C9H17NO. The summed E-state index contributed by atoms with van der Waals surface area (Å²) in [6.45, 7) is 6.69. The molecule has 0 aromatic rings. The highest BCUT2D eigenvalue weighted by atomic mass is 16.5. The summed E-state index contributed by atoms with van der Waals surface area (Å²) in [5.41, 5.74) is 0.380. The fourth-order valence-electron chi connectivity index (χ4n) is 2.49. The molecule has 2 rings (SSSR count). The minimum absolute atomic E-state index is 0.380. The molecule has 0 amide bonds. The second kappa shape index (κ2) is 2.20. The van der Waals surface area contributed by atoms with Crippen LogP contribution in [0, 0.1) is 5.92 Å². The first-order valence-electron chi connectivity index (χ1n) is 4.48. The molecule has 2 heteroatoms. The van der Waals surface area contributed by atoms with E-state index in [0.29, 0.717) is 11.6 Å². The van der Waals surface area contributed by atoms with E-state index < -0.39 is 0 Å². The van der Waals surface area contributed by atoms with E-state index in [2.05, 4.69) is 25.8 Å². The van der Waals surface area contributed by atoms with Crippen LogP contribution in [-0.4, -0.2) is 36.7 Å². The largest absolute Gasteiger partial charge is 0.375 e. The van der Waals surface area contributed by atoms with E-state index in [4.69, 9.17) is 4.74 Å². The minimum Gasteiger partial charge on any atom is -0.375 e. The highest BCUT2D eigenvalue weighted by Gasteiger charge is 2.51. The molecule has 0 saturated carbocycles. The number of likely N-dealkylation sites (N-methyl/N-ethyl adjacent to an activating group) is 1. The van der Waals surface area contributed by atoms with Gasteiger partial charge in [-0.25, -0.2) is 0 Å². The summed E-state index contributed by atoms with van der Waals surface area (Å²) < 4.78 is 5.65. The van der Waals surface area contributed by atoms with Crippen LogP contribution in [0.25, 0.3) is 0 Å². The van der Waals surface area contributed by atoms with Crippen molar-refractivity contribution in [2.45, 2.75) is 31.9 Å². The van der Waals surface area contributed by atoms with Crippen molar-refractivity contribution in [1.82, 2.24) is 4.90 Å². The average molecular weight is 155 g/mol. The van der Waals surface area contributed by atoms with Crippen LogP contribution < -0.4 is 0 Å². The highest BCUT2D eigenvalue weighted by molar-refractivity contribution is 5.05. The topological polar surface area (TPSA) is 12.5 Å². The van der Waals surface area contributed by atoms with E-state index in [1.165, 1.54) is 6.42 Å². The van der Waals surface area contributed by atoms with Gasteiger partial charge in [0.05, 0.1) is 12.7 Å². The molecule has 0 aromatic heterocycles. The lowest BCUT2D eigenvalue weighted by atomic mass is 9.86. The van der Waals surface area contributed by atoms with E-state index in [1.807, 2.05) is 0 Å². The Bertz CT molecular complexity index is 169. The number of hydrogen-bond acceptors (Lipinski definition) is 2. The molecule has 2 aliphatic rings. The van der Waals surface area contributed by atoms with Crippen LogP contribution in [0.15, 0.2) is 0 Å². The second-order valence-electron chi connectivity index (χ2n) is 4.28. The first-order valence-corrected chi connectivity index (χ1v) is 4.48. The van der Waals surface area contributed by atoms with E-state index >= 15 is 0 Å². The Labute approximate surface area is 68.5 Å². The Hall–Kier alpha value is -0.0800. The van der Waals surface area contributed by atoms with Gasteiger partial charge in [0.2, 0.25) is 0 Å². The standard InChI is InChI=1S/C9H17NO/c1-7(2)9-4-8(11-6-9)5-10(9)3/h7-8H,4-6H2,1-3H3/t8-,9+/m1/s1. The minimum atomic E-state index is 0.380. The summed E-state index contributed by atoms with van der Waals surface area (Å²) >= 11 is 0. The lowest BCUT2D eigenvalue weighted by molar-refractivity contribution is -0.0144. The molecule has 0 aromatic carbocycles. The van der Waals surface area contributed by atoms with Crippen LogP contribution in [0.4, 0.5) is 0 Å². The molecule has 2 aliphatic heterocycles. The predicted molar refractivity (Wildman–Crippen MR) is 44.6 cm³/mol. The molecule has 2 fully saturated rings. The summed E-state index contributed by atoms with van der Waals surface area (Å²) in [5.74, 6) is 0.722. The Morgan fingerprint density at radius 3 is 2.55 bits per heavy atom. The third-order valence-electron chi connectivity index (χ3n) is 3.46. The number of hydrogen-bond donors (Lipinski definition) is 0. The van der Waals surface area contributed by atoms with Crippen LogP contribution in [0.1, 0.15) is 20.3 Å². The lowest BCUT2D eigenvalue weighted by Crippen LogP contribution is -2.49. The number of fused-ring (bicyclic) bond motifs is 2. The normalized spacial score (nSPS) is 44.2. The van der Waals surface area contributed by atoms with Gasteiger partial charge < -0.3 is 4.74 Å². The Morgan fingerprint density at radius 1 is 1.55 bits per heavy atom. The van der Waals surface area contributed by atoms with Gasteiger partial charge in [-0.2, -0.15) is 0 Å². The van der Waals surface area contributed by atoms with Gasteiger partial charge in [-0.1, -0.05) is 13.8 Å². The maximum atomic E-state index is 5.65. The Balaban J connectivity index is 2.22. The first kappa shape index (κ1) is 7.56. The fraction of sp³-hybridized carbons (Fsp3) is 1.00. The summed E-state index contributed by atoms with van der Waals surface area (Å²) in [4.78, 5) is 2.48. The van der Waals surface area contributed by atoms with Gasteiger partial charge in [0.25, 0.3) is 0 Å². The van der Waals surface area contributed by atoms with Crippen molar-refractivity contribution >= 4 is 0 Å². The van der Waals surface area contributed by atoms with Crippen LogP contribution in [0.2, 0.25) is 0 Å². The average Bonchev–Trinajstić information content (AvgIpc) is 2.43. The number of morpholine rings is 1. The number of likely N-dealkylation sites (tertiary alicyclic amines) is 1. The number of ether oxygens (including phenoxy) is 1. The molecule has 0 spiro atoms. The monoisotopic (exact) mass is 155 g/mol. The lowest BCUT2D eigenvalue weighted by Gasteiger charge is -2.38. The van der Waals surface area contributed by atoms with Crippen molar-refractivity contribution < 1.29 is 4.74 Å².